The predicted octanol–water partition coefficient (Wildman–Crippen LogP) is 1.84. The number of hydrogen-bond donors (Lipinski definition) is 0. The fourth-order valence-electron chi connectivity index (χ4n) is 2.70. The monoisotopic (exact) mass is 299 g/mol. The number of anilines is 1. The standard InChI is InChI=1S/C15H17N5O2/c1-11-16-14(18-22-11)10-19-6-8-20(9-7-19)15-17-12-4-2-3-5-13(12)21-15/h2-5H,6-10H2,1H3. The second-order valence-electron chi connectivity index (χ2n) is 5.46. The molecule has 0 saturated carbocycles. The van der Waals surface area contributed by atoms with Crippen molar-refractivity contribution in [2.24, 2.45) is 0 Å². The fourth-order valence-corrected chi connectivity index (χ4v) is 2.70. The average molecular weight is 299 g/mol. The second kappa shape index (κ2) is 5.42. The third-order valence-corrected chi connectivity index (χ3v) is 3.86. The van der Waals surface area contributed by atoms with Crippen LogP contribution in [0.5, 0.6) is 0 Å². The summed E-state index contributed by atoms with van der Waals surface area (Å²) in [5.74, 6) is 1.35. The molecule has 1 saturated heterocycles. The lowest BCUT2D eigenvalue weighted by molar-refractivity contribution is 0.236. The van der Waals surface area contributed by atoms with Crippen molar-refractivity contribution in [1.82, 2.24) is 20.0 Å². The number of benzene rings is 1. The number of rotatable bonds is 3. The van der Waals surface area contributed by atoms with E-state index in [4.69, 9.17) is 8.94 Å². The molecular formula is C15H17N5O2. The molecule has 4 rings (SSSR count). The Kier molecular flexibility index (Phi) is 3.27. The van der Waals surface area contributed by atoms with Crippen molar-refractivity contribution in [2.75, 3.05) is 31.1 Å². The van der Waals surface area contributed by atoms with Crippen LogP contribution in [-0.2, 0) is 6.54 Å². The highest BCUT2D eigenvalue weighted by Crippen LogP contribution is 2.22. The first-order valence-electron chi connectivity index (χ1n) is 7.40. The van der Waals surface area contributed by atoms with Gasteiger partial charge in [-0.2, -0.15) is 9.97 Å². The summed E-state index contributed by atoms with van der Waals surface area (Å²) in [4.78, 5) is 13.3. The maximum absolute atomic E-state index is 5.82. The molecule has 1 fully saturated rings. The molecule has 0 unspecified atom stereocenters. The van der Waals surface area contributed by atoms with Gasteiger partial charge >= 0.3 is 0 Å². The Labute approximate surface area is 127 Å². The number of hydrogen-bond acceptors (Lipinski definition) is 7. The topological polar surface area (TPSA) is 71.4 Å². The van der Waals surface area contributed by atoms with Gasteiger partial charge in [-0.05, 0) is 12.1 Å². The van der Waals surface area contributed by atoms with Gasteiger partial charge in [0.15, 0.2) is 11.4 Å². The van der Waals surface area contributed by atoms with Crippen LogP contribution in [0.25, 0.3) is 11.1 Å². The van der Waals surface area contributed by atoms with Crippen molar-refractivity contribution < 1.29 is 8.94 Å². The summed E-state index contributed by atoms with van der Waals surface area (Å²) in [6.45, 7) is 6.13. The van der Waals surface area contributed by atoms with Crippen LogP contribution in [0.3, 0.4) is 0 Å². The first-order valence-corrected chi connectivity index (χ1v) is 7.40. The molecule has 7 heteroatoms. The summed E-state index contributed by atoms with van der Waals surface area (Å²) in [6.07, 6.45) is 0. The van der Waals surface area contributed by atoms with Crippen LogP contribution in [0.2, 0.25) is 0 Å². The fraction of sp³-hybridized carbons (Fsp3) is 0.400. The van der Waals surface area contributed by atoms with Crippen LogP contribution >= 0.6 is 0 Å². The Morgan fingerprint density at radius 3 is 2.64 bits per heavy atom. The molecule has 0 amide bonds. The highest BCUT2D eigenvalue weighted by Gasteiger charge is 2.22. The molecule has 114 valence electrons. The molecule has 0 aliphatic carbocycles. The highest BCUT2D eigenvalue weighted by atomic mass is 16.5. The number of aromatic nitrogens is 3. The summed E-state index contributed by atoms with van der Waals surface area (Å²) in [7, 11) is 0. The van der Waals surface area contributed by atoms with E-state index in [1.807, 2.05) is 31.2 Å². The molecule has 0 atom stereocenters. The molecule has 0 N–H and O–H groups in total. The van der Waals surface area contributed by atoms with Gasteiger partial charge in [-0.3, -0.25) is 4.90 Å². The third-order valence-electron chi connectivity index (χ3n) is 3.86. The van der Waals surface area contributed by atoms with Crippen LogP contribution < -0.4 is 4.90 Å². The average Bonchev–Trinajstić information content (AvgIpc) is 3.14. The maximum atomic E-state index is 5.82. The van der Waals surface area contributed by atoms with E-state index in [2.05, 4.69) is 24.9 Å². The SMILES string of the molecule is Cc1nc(CN2CCN(c3nc4ccccc4o3)CC2)no1. The van der Waals surface area contributed by atoms with Crippen LogP contribution in [0.1, 0.15) is 11.7 Å². The molecule has 3 heterocycles. The largest absolute Gasteiger partial charge is 0.423 e. The first kappa shape index (κ1) is 13.3. The summed E-state index contributed by atoms with van der Waals surface area (Å²) < 4.78 is 10.8. The van der Waals surface area contributed by atoms with Crippen molar-refractivity contribution in [3.05, 3.63) is 36.0 Å². The lowest BCUT2D eigenvalue weighted by atomic mass is 10.3. The van der Waals surface area contributed by atoms with Gasteiger partial charge in [0.1, 0.15) is 5.52 Å². The molecule has 0 radical (unpaired) electrons. The number of piperazine rings is 1. The minimum Gasteiger partial charge on any atom is -0.423 e. The highest BCUT2D eigenvalue weighted by molar-refractivity contribution is 5.74. The number of fused-ring (bicyclic) bond motifs is 1. The number of oxazole rings is 1. The Balaban J connectivity index is 1.40. The lowest BCUT2D eigenvalue weighted by Gasteiger charge is -2.32. The predicted molar refractivity (Wildman–Crippen MR) is 80.5 cm³/mol. The summed E-state index contributed by atoms with van der Waals surface area (Å²) in [5.41, 5.74) is 1.74. The second-order valence-corrected chi connectivity index (χ2v) is 5.46. The molecule has 3 aromatic rings. The Morgan fingerprint density at radius 2 is 1.91 bits per heavy atom. The van der Waals surface area contributed by atoms with E-state index in [1.165, 1.54) is 0 Å². The van der Waals surface area contributed by atoms with E-state index in [1.54, 1.807) is 0 Å². The van der Waals surface area contributed by atoms with Gasteiger partial charge in [0.25, 0.3) is 6.01 Å². The van der Waals surface area contributed by atoms with Gasteiger partial charge in [0.2, 0.25) is 5.89 Å². The zero-order valence-corrected chi connectivity index (χ0v) is 12.4. The van der Waals surface area contributed by atoms with Crippen LogP contribution in [0.15, 0.2) is 33.2 Å². The lowest BCUT2D eigenvalue weighted by Crippen LogP contribution is -2.46. The minimum absolute atomic E-state index is 0.611. The van der Waals surface area contributed by atoms with Crippen LogP contribution in [0, 0.1) is 6.92 Å². The quantitative estimate of drug-likeness (QED) is 0.730. The number of nitrogens with zero attached hydrogens (tertiary/aromatic N) is 5. The molecule has 0 spiro atoms. The van der Waals surface area contributed by atoms with Crippen molar-refractivity contribution in [3.63, 3.8) is 0 Å². The van der Waals surface area contributed by atoms with E-state index in [9.17, 15) is 0 Å². The van der Waals surface area contributed by atoms with Crippen molar-refractivity contribution in [3.8, 4) is 0 Å². The Morgan fingerprint density at radius 1 is 1.09 bits per heavy atom. The Hall–Kier alpha value is -2.41. The van der Waals surface area contributed by atoms with Gasteiger partial charge in [0.05, 0.1) is 6.54 Å². The Bertz CT molecular complexity index is 740. The molecule has 22 heavy (non-hydrogen) atoms. The molecule has 0 bridgehead atoms. The van der Waals surface area contributed by atoms with E-state index in [-0.39, 0.29) is 0 Å². The summed E-state index contributed by atoms with van der Waals surface area (Å²) >= 11 is 0. The molecule has 1 aliphatic heterocycles. The molecule has 1 aliphatic rings. The van der Waals surface area contributed by atoms with E-state index < -0.39 is 0 Å². The molecular weight excluding hydrogens is 282 g/mol. The van der Waals surface area contributed by atoms with Gasteiger partial charge in [-0.15, -0.1) is 0 Å². The molecule has 1 aromatic carbocycles. The smallest absolute Gasteiger partial charge is 0.298 e. The van der Waals surface area contributed by atoms with Gasteiger partial charge in [0, 0.05) is 33.1 Å². The van der Waals surface area contributed by atoms with Crippen LogP contribution in [0.4, 0.5) is 6.01 Å². The zero-order valence-electron chi connectivity index (χ0n) is 12.4. The van der Waals surface area contributed by atoms with Crippen LogP contribution in [-0.4, -0.2) is 46.2 Å². The molecule has 2 aromatic heterocycles. The third kappa shape index (κ3) is 2.55. The van der Waals surface area contributed by atoms with E-state index in [0.29, 0.717) is 11.9 Å². The number of aryl methyl sites for hydroxylation is 1. The van der Waals surface area contributed by atoms with E-state index >= 15 is 0 Å². The zero-order chi connectivity index (χ0) is 14.9. The first-order chi connectivity index (χ1) is 10.8. The normalized spacial score (nSPS) is 16.5. The van der Waals surface area contributed by atoms with E-state index in [0.717, 1.165) is 49.6 Å². The number of para-hydroxylation sites is 2. The van der Waals surface area contributed by atoms with Gasteiger partial charge < -0.3 is 13.8 Å². The van der Waals surface area contributed by atoms with Gasteiger partial charge in [-0.25, -0.2) is 0 Å². The van der Waals surface area contributed by atoms with Gasteiger partial charge in [-0.1, -0.05) is 17.3 Å². The molecule has 7 nitrogen and oxygen atoms in total. The maximum Gasteiger partial charge on any atom is 0.298 e. The van der Waals surface area contributed by atoms with Crippen molar-refractivity contribution in [1.29, 1.82) is 0 Å². The van der Waals surface area contributed by atoms with Crippen molar-refractivity contribution in [2.45, 2.75) is 13.5 Å². The summed E-state index contributed by atoms with van der Waals surface area (Å²) in [6, 6.07) is 8.55. The summed E-state index contributed by atoms with van der Waals surface area (Å²) in [5, 5.41) is 3.94. The van der Waals surface area contributed by atoms with Crippen molar-refractivity contribution >= 4 is 17.1 Å². The minimum atomic E-state index is 0.611.